The molecule has 0 nitrogen and oxygen atoms in total. The van der Waals surface area contributed by atoms with E-state index in [-0.39, 0.29) is 7.92 Å². The Morgan fingerprint density at radius 3 is 1.74 bits per heavy atom. The van der Waals surface area contributed by atoms with Crippen molar-refractivity contribution in [2.75, 3.05) is 0 Å². The van der Waals surface area contributed by atoms with Crippen molar-refractivity contribution >= 4 is 18.5 Å². The van der Waals surface area contributed by atoms with Crippen LogP contribution in [0, 0.1) is 0 Å². The molecule has 19 heavy (non-hydrogen) atoms. The zero-order valence-corrected chi connectivity index (χ0v) is 12.0. The lowest BCUT2D eigenvalue weighted by molar-refractivity contribution is 1.39. The molecule has 2 aromatic rings. The lowest BCUT2D eigenvalue weighted by atomic mass is 10.3. The molecule has 0 heterocycles. The fourth-order valence-electron chi connectivity index (χ4n) is 2.44. The number of allylic oxidation sites excluding steroid dienone is 4. The third kappa shape index (κ3) is 2.69. The highest BCUT2D eigenvalue weighted by Crippen LogP contribution is 2.47. The first-order chi connectivity index (χ1) is 9.34. The van der Waals surface area contributed by atoms with E-state index in [4.69, 9.17) is 0 Å². The molecule has 0 aliphatic heterocycles. The average Bonchev–Trinajstić information content (AvgIpc) is 2.88. The fourth-order valence-corrected chi connectivity index (χ4v) is 4.95. The predicted octanol–water partition coefficient (Wildman–Crippen LogP) is 4.35. The molecule has 1 aliphatic carbocycles. The van der Waals surface area contributed by atoms with Gasteiger partial charge in [-0.3, -0.25) is 0 Å². The van der Waals surface area contributed by atoms with Crippen LogP contribution in [-0.2, 0) is 0 Å². The lowest BCUT2D eigenvalue weighted by Gasteiger charge is -2.20. The summed E-state index contributed by atoms with van der Waals surface area (Å²) >= 11 is 0. The minimum absolute atomic E-state index is 0.370. The molecule has 0 amide bonds. The van der Waals surface area contributed by atoms with Gasteiger partial charge in [-0.15, -0.1) is 0 Å². The van der Waals surface area contributed by atoms with Gasteiger partial charge in [0.05, 0.1) is 0 Å². The Morgan fingerprint density at radius 2 is 1.32 bits per heavy atom. The van der Waals surface area contributed by atoms with E-state index < -0.39 is 0 Å². The summed E-state index contributed by atoms with van der Waals surface area (Å²) in [5.41, 5.74) is 1.40. The highest BCUT2D eigenvalue weighted by molar-refractivity contribution is 7.76. The standard InChI is InChI=1S/C18H17P/c1-15-12-13-18(14-15)19(16-8-4-2-5-9-16)17-10-6-3-7-11-17/h2-12,14H,13H2,1H3. The van der Waals surface area contributed by atoms with E-state index in [0.29, 0.717) is 0 Å². The van der Waals surface area contributed by atoms with E-state index in [0.717, 1.165) is 6.42 Å². The van der Waals surface area contributed by atoms with Crippen LogP contribution in [0.25, 0.3) is 0 Å². The number of rotatable bonds is 3. The minimum Gasteiger partial charge on any atom is -0.0771 e. The van der Waals surface area contributed by atoms with Crippen LogP contribution in [0.4, 0.5) is 0 Å². The Bertz CT molecular complexity index is 569. The zero-order valence-electron chi connectivity index (χ0n) is 11.1. The van der Waals surface area contributed by atoms with Gasteiger partial charge in [0.15, 0.2) is 0 Å². The van der Waals surface area contributed by atoms with Gasteiger partial charge in [-0.25, -0.2) is 0 Å². The van der Waals surface area contributed by atoms with Crippen LogP contribution in [-0.4, -0.2) is 0 Å². The molecule has 0 spiro atoms. The van der Waals surface area contributed by atoms with Gasteiger partial charge < -0.3 is 0 Å². The molecular weight excluding hydrogens is 247 g/mol. The van der Waals surface area contributed by atoms with Crippen molar-refractivity contribution in [2.45, 2.75) is 13.3 Å². The largest absolute Gasteiger partial charge is 0.0771 e. The second-order valence-electron chi connectivity index (χ2n) is 4.79. The summed E-state index contributed by atoms with van der Waals surface area (Å²) in [6.45, 7) is 2.19. The molecule has 0 N–H and O–H groups in total. The Labute approximate surface area is 116 Å². The first-order valence-corrected chi connectivity index (χ1v) is 7.96. The van der Waals surface area contributed by atoms with Gasteiger partial charge in [0, 0.05) is 0 Å². The van der Waals surface area contributed by atoms with Crippen LogP contribution in [0.1, 0.15) is 13.3 Å². The van der Waals surface area contributed by atoms with Gasteiger partial charge in [-0.2, -0.15) is 0 Å². The number of hydrogen-bond donors (Lipinski definition) is 0. The summed E-state index contributed by atoms with van der Waals surface area (Å²) in [6.07, 6.45) is 5.80. The van der Waals surface area contributed by atoms with Crippen LogP contribution in [0.15, 0.2) is 83.7 Å². The first kappa shape index (κ1) is 12.4. The van der Waals surface area contributed by atoms with Crippen molar-refractivity contribution in [3.05, 3.63) is 83.7 Å². The summed E-state index contributed by atoms with van der Waals surface area (Å²) in [6, 6.07) is 21.8. The molecule has 2 aromatic carbocycles. The Kier molecular flexibility index (Phi) is 3.62. The Morgan fingerprint density at radius 1 is 0.789 bits per heavy atom. The maximum absolute atomic E-state index is 2.37. The molecule has 0 unspecified atom stereocenters. The quantitative estimate of drug-likeness (QED) is 0.723. The Hall–Kier alpha value is -1.65. The molecule has 1 aliphatic rings. The maximum Gasteiger partial charge on any atom is -0.00809 e. The average molecular weight is 264 g/mol. The van der Waals surface area contributed by atoms with Crippen LogP contribution in [0.3, 0.4) is 0 Å². The molecular formula is C18H17P. The number of benzene rings is 2. The molecule has 0 radical (unpaired) electrons. The zero-order chi connectivity index (χ0) is 13.1. The van der Waals surface area contributed by atoms with Crippen LogP contribution < -0.4 is 10.6 Å². The Balaban J connectivity index is 2.05. The molecule has 0 bridgehead atoms. The molecule has 0 fully saturated rings. The van der Waals surface area contributed by atoms with Gasteiger partial charge in [0.1, 0.15) is 0 Å². The summed E-state index contributed by atoms with van der Waals surface area (Å²) in [5.74, 6) is 0. The molecule has 0 saturated heterocycles. The van der Waals surface area contributed by atoms with Crippen molar-refractivity contribution in [3.63, 3.8) is 0 Å². The topological polar surface area (TPSA) is 0 Å². The van der Waals surface area contributed by atoms with Gasteiger partial charge >= 0.3 is 0 Å². The van der Waals surface area contributed by atoms with Crippen molar-refractivity contribution in [1.29, 1.82) is 0 Å². The number of hydrogen-bond acceptors (Lipinski definition) is 0. The third-order valence-corrected chi connectivity index (χ3v) is 5.86. The third-order valence-electron chi connectivity index (χ3n) is 3.34. The molecule has 0 saturated carbocycles. The van der Waals surface area contributed by atoms with E-state index in [1.807, 2.05) is 0 Å². The summed E-state index contributed by atoms with van der Waals surface area (Å²) in [7, 11) is -0.370. The maximum atomic E-state index is 2.37. The van der Waals surface area contributed by atoms with Crippen molar-refractivity contribution in [2.24, 2.45) is 0 Å². The van der Waals surface area contributed by atoms with E-state index in [2.05, 4.69) is 79.7 Å². The molecule has 1 heteroatoms. The monoisotopic (exact) mass is 264 g/mol. The smallest absolute Gasteiger partial charge is 0.00809 e. The van der Waals surface area contributed by atoms with Crippen molar-refractivity contribution < 1.29 is 0 Å². The highest BCUT2D eigenvalue weighted by Gasteiger charge is 2.19. The van der Waals surface area contributed by atoms with E-state index in [1.54, 1.807) is 5.31 Å². The SMILES string of the molecule is CC1=CCC(P(c2ccccc2)c2ccccc2)=C1. The fraction of sp³-hybridized carbons (Fsp3) is 0.111. The lowest BCUT2D eigenvalue weighted by Crippen LogP contribution is -2.12. The second kappa shape index (κ2) is 5.55. The first-order valence-electron chi connectivity index (χ1n) is 6.62. The van der Waals surface area contributed by atoms with E-state index in [1.165, 1.54) is 16.2 Å². The van der Waals surface area contributed by atoms with Crippen molar-refractivity contribution in [1.82, 2.24) is 0 Å². The van der Waals surface area contributed by atoms with Crippen LogP contribution in [0.2, 0.25) is 0 Å². The highest BCUT2D eigenvalue weighted by atomic mass is 31.1. The second-order valence-corrected chi connectivity index (χ2v) is 7.07. The summed E-state index contributed by atoms with van der Waals surface area (Å²) in [5, 5.41) is 4.45. The summed E-state index contributed by atoms with van der Waals surface area (Å²) in [4.78, 5) is 0. The van der Waals surface area contributed by atoms with Crippen LogP contribution >= 0.6 is 7.92 Å². The van der Waals surface area contributed by atoms with Gasteiger partial charge in [0.2, 0.25) is 0 Å². The molecule has 0 aromatic heterocycles. The van der Waals surface area contributed by atoms with Gasteiger partial charge in [0.25, 0.3) is 0 Å². The normalized spacial score (nSPS) is 14.4. The summed E-state index contributed by atoms with van der Waals surface area (Å²) < 4.78 is 0. The molecule has 94 valence electrons. The van der Waals surface area contributed by atoms with Crippen LogP contribution in [0.5, 0.6) is 0 Å². The van der Waals surface area contributed by atoms with Crippen molar-refractivity contribution in [3.8, 4) is 0 Å². The van der Waals surface area contributed by atoms with Gasteiger partial charge in [-0.05, 0) is 37.2 Å². The van der Waals surface area contributed by atoms with Gasteiger partial charge in [-0.1, -0.05) is 78.4 Å². The predicted molar refractivity (Wildman–Crippen MR) is 85.5 cm³/mol. The van der Waals surface area contributed by atoms with E-state index >= 15 is 0 Å². The van der Waals surface area contributed by atoms with E-state index in [9.17, 15) is 0 Å². The molecule has 3 rings (SSSR count). The molecule has 0 atom stereocenters. The minimum atomic E-state index is -0.370.